The lowest BCUT2D eigenvalue weighted by molar-refractivity contribution is -0.288. The average molecular weight is 509 g/mol. The lowest BCUT2D eigenvalue weighted by atomic mass is 9.41. The van der Waals surface area contributed by atoms with Crippen LogP contribution in [0.1, 0.15) is 73.1 Å². The van der Waals surface area contributed by atoms with E-state index in [0.717, 1.165) is 6.42 Å². The second-order valence-corrected chi connectivity index (χ2v) is 11.6. The lowest BCUT2D eigenvalue weighted by Crippen LogP contribution is -2.74. The third-order valence-corrected chi connectivity index (χ3v) is 9.76. The molecule has 0 radical (unpaired) electrons. The summed E-state index contributed by atoms with van der Waals surface area (Å²) in [7, 11) is 0. The normalized spacial score (nSPS) is 41.1. The number of aliphatic hydroxyl groups excluding tert-OH is 1. The van der Waals surface area contributed by atoms with Crippen molar-refractivity contribution < 1.29 is 43.5 Å². The van der Waals surface area contributed by atoms with Crippen molar-refractivity contribution in [2.45, 2.75) is 96.6 Å². The fraction of sp³-hybridized carbons (Fsp3) is 0.815. The standard InChI is InChI=1S/C27H40O9/c1-6-16(2)23(31)36-21-12-24(4,32)25(5,19-8-7-9-26(15-34-26)27(19,21)14-28)20(35-17(3)29)10-18-11-22(30)33-13-18/h11,16,19-21,28,32H,6-10,12-15H2,1-5H3/t16-,19+,20-,21-,24-,25-,26-,27-/m0/s1. The highest BCUT2D eigenvalue weighted by atomic mass is 16.6. The number of cyclic esters (lactones) is 1. The van der Waals surface area contributed by atoms with E-state index in [0.29, 0.717) is 31.4 Å². The van der Waals surface area contributed by atoms with Crippen molar-refractivity contribution in [2.24, 2.45) is 22.7 Å². The molecule has 1 spiro atoms. The summed E-state index contributed by atoms with van der Waals surface area (Å²) in [6.07, 6.45) is 2.84. The molecule has 0 aromatic heterocycles. The number of carbonyl (C=O) groups is 3. The summed E-state index contributed by atoms with van der Waals surface area (Å²) in [5.41, 5.74) is -3.45. The predicted octanol–water partition coefficient (Wildman–Crippen LogP) is 2.46. The van der Waals surface area contributed by atoms with Crippen LogP contribution in [0.4, 0.5) is 0 Å². The van der Waals surface area contributed by atoms with Gasteiger partial charge in [-0.15, -0.1) is 0 Å². The number of esters is 3. The summed E-state index contributed by atoms with van der Waals surface area (Å²) >= 11 is 0. The molecule has 0 aromatic carbocycles. The number of aliphatic hydroxyl groups is 2. The molecule has 2 N–H and O–H groups in total. The molecule has 1 saturated heterocycles. The predicted molar refractivity (Wildman–Crippen MR) is 127 cm³/mol. The maximum atomic E-state index is 13.0. The zero-order valence-electron chi connectivity index (χ0n) is 22.0. The molecule has 4 rings (SSSR count). The molecule has 0 amide bonds. The van der Waals surface area contributed by atoms with Gasteiger partial charge in [0.1, 0.15) is 24.4 Å². The monoisotopic (exact) mass is 508 g/mol. The van der Waals surface area contributed by atoms with Crippen LogP contribution in [0, 0.1) is 22.7 Å². The minimum absolute atomic E-state index is 0.0556. The number of rotatable bonds is 8. The third kappa shape index (κ3) is 4.07. The van der Waals surface area contributed by atoms with Gasteiger partial charge in [-0.05, 0) is 37.7 Å². The quantitative estimate of drug-likeness (QED) is 0.288. The highest BCUT2D eigenvalue weighted by Crippen LogP contribution is 2.70. The number of carbonyl (C=O) groups excluding carboxylic acids is 3. The van der Waals surface area contributed by atoms with Crippen molar-refractivity contribution in [1.82, 2.24) is 0 Å². The molecule has 2 saturated carbocycles. The molecule has 2 aliphatic carbocycles. The van der Waals surface area contributed by atoms with Gasteiger partial charge < -0.3 is 29.2 Å². The molecule has 0 aromatic rings. The first-order valence-electron chi connectivity index (χ1n) is 13.1. The van der Waals surface area contributed by atoms with E-state index in [1.54, 1.807) is 13.8 Å². The molecule has 4 aliphatic rings. The Morgan fingerprint density at radius 2 is 2.00 bits per heavy atom. The van der Waals surface area contributed by atoms with Gasteiger partial charge in [0.05, 0.1) is 30.1 Å². The van der Waals surface area contributed by atoms with E-state index >= 15 is 0 Å². The molecule has 36 heavy (non-hydrogen) atoms. The van der Waals surface area contributed by atoms with Crippen LogP contribution in [0.15, 0.2) is 11.6 Å². The van der Waals surface area contributed by atoms with Gasteiger partial charge in [0.25, 0.3) is 0 Å². The molecule has 202 valence electrons. The number of epoxide rings is 1. The summed E-state index contributed by atoms with van der Waals surface area (Å²) < 4.78 is 23.1. The Morgan fingerprint density at radius 1 is 1.31 bits per heavy atom. The topological polar surface area (TPSA) is 132 Å². The van der Waals surface area contributed by atoms with Gasteiger partial charge in [-0.1, -0.05) is 27.2 Å². The van der Waals surface area contributed by atoms with Gasteiger partial charge in [-0.25, -0.2) is 4.79 Å². The van der Waals surface area contributed by atoms with E-state index in [4.69, 9.17) is 18.9 Å². The van der Waals surface area contributed by atoms with Crippen molar-refractivity contribution in [2.75, 3.05) is 19.8 Å². The molecule has 8 atom stereocenters. The van der Waals surface area contributed by atoms with Crippen LogP contribution in [0.2, 0.25) is 0 Å². The van der Waals surface area contributed by atoms with Gasteiger partial charge in [0.2, 0.25) is 0 Å². The van der Waals surface area contributed by atoms with Crippen LogP contribution < -0.4 is 0 Å². The van der Waals surface area contributed by atoms with E-state index in [1.165, 1.54) is 13.0 Å². The van der Waals surface area contributed by atoms with Crippen molar-refractivity contribution >= 4 is 17.9 Å². The Bertz CT molecular complexity index is 936. The van der Waals surface area contributed by atoms with E-state index in [1.807, 2.05) is 13.8 Å². The smallest absolute Gasteiger partial charge is 0.331 e. The van der Waals surface area contributed by atoms with Gasteiger partial charge in [0.15, 0.2) is 0 Å². The van der Waals surface area contributed by atoms with E-state index < -0.39 is 52.1 Å². The van der Waals surface area contributed by atoms with Gasteiger partial charge in [-0.3, -0.25) is 9.59 Å². The van der Waals surface area contributed by atoms with Crippen molar-refractivity contribution in [3.05, 3.63) is 11.6 Å². The first-order chi connectivity index (χ1) is 16.9. The molecule has 9 heteroatoms. The lowest BCUT2D eigenvalue weighted by Gasteiger charge is -2.66. The van der Waals surface area contributed by atoms with E-state index in [2.05, 4.69) is 0 Å². The molecule has 2 aliphatic heterocycles. The molecule has 9 nitrogen and oxygen atoms in total. The fourth-order valence-corrected chi connectivity index (χ4v) is 7.23. The first kappa shape index (κ1) is 27.1. The van der Waals surface area contributed by atoms with Crippen LogP contribution in [-0.4, -0.2) is 71.4 Å². The van der Waals surface area contributed by atoms with Gasteiger partial charge in [0, 0.05) is 31.3 Å². The number of hydrogen-bond donors (Lipinski definition) is 2. The fourth-order valence-electron chi connectivity index (χ4n) is 7.23. The highest BCUT2D eigenvalue weighted by molar-refractivity contribution is 5.85. The van der Waals surface area contributed by atoms with Crippen LogP contribution >= 0.6 is 0 Å². The second-order valence-electron chi connectivity index (χ2n) is 11.6. The summed E-state index contributed by atoms with van der Waals surface area (Å²) in [4.78, 5) is 37.0. The minimum Gasteiger partial charge on any atom is -0.462 e. The summed E-state index contributed by atoms with van der Waals surface area (Å²) in [6, 6.07) is 0. The maximum absolute atomic E-state index is 13.0. The maximum Gasteiger partial charge on any atom is 0.331 e. The average Bonchev–Trinajstić information content (AvgIpc) is 3.47. The van der Waals surface area contributed by atoms with Crippen molar-refractivity contribution in [3.8, 4) is 0 Å². The minimum atomic E-state index is -1.44. The molecule has 0 bridgehead atoms. The van der Waals surface area contributed by atoms with Gasteiger partial charge >= 0.3 is 17.9 Å². The Morgan fingerprint density at radius 3 is 2.53 bits per heavy atom. The van der Waals surface area contributed by atoms with Crippen molar-refractivity contribution in [3.63, 3.8) is 0 Å². The van der Waals surface area contributed by atoms with Crippen molar-refractivity contribution in [1.29, 1.82) is 0 Å². The SMILES string of the molecule is CC[C@H](C)C(=O)O[C@H]1C[C@](C)(O)[C@](C)([C@H](CC2=CC(=O)OC2)OC(C)=O)[C@H]2CCC[C@]3(CO3)[C@]12CO. The largest absolute Gasteiger partial charge is 0.462 e. The molecule has 0 unspecified atom stereocenters. The van der Waals surface area contributed by atoms with E-state index in [9.17, 15) is 24.6 Å². The van der Waals surface area contributed by atoms with Crippen LogP contribution in [0.5, 0.6) is 0 Å². The Labute approximate surface area is 212 Å². The van der Waals surface area contributed by atoms with Crippen LogP contribution in [0.3, 0.4) is 0 Å². The zero-order chi connectivity index (χ0) is 26.5. The zero-order valence-corrected chi connectivity index (χ0v) is 22.0. The third-order valence-electron chi connectivity index (χ3n) is 9.76. The molecular weight excluding hydrogens is 468 g/mol. The first-order valence-corrected chi connectivity index (χ1v) is 13.1. The molecular formula is C27H40O9. The Hall–Kier alpha value is -1.97. The number of hydrogen-bond acceptors (Lipinski definition) is 9. The Balaban J connectivity index is 1.82. The second kappa shape index (κ2) is 9.40. The Kier molecular flexibility index (Phi) is 7.07. The summed E-state index contributed by atoms with van der Waals surface area (Å²) in [6.45, 7) is 8.86. The van der Waals surface area contributed by atoms with E-state index in [-0.39, 0.29) is 37.9 Å². The summed E-state index contributed by atoms with van der Waals surface area (Å²) in [5, 5.41) is 23.2. The molecule has 3 fully saturated rings. The summed E-state index contributed by atoms with van der Waals surface area (Å²) in [5.74, 6) is -2.03. The van der Waals surface area contributed by atoms with Crippen LogP contribution in [0.25, 0.3) is 0 Å². The number of ether oxygens (including phenoxy) is 4. The number of fused-ring (bicyclic) bond motifs is 2. The van der Waals surface area contributed by atoms with Gasteiger partial charge in [-0.2, -0.15) is 0 Å². The molecule has 2 heterocycles. The van der Waals surface area contributed by atoms with Crippen LogP contribution in [-0.2, 0) is 33.3 Å². The highest BCUT2D eigenvalue weighted by Gasteiger charge is 2.78.